The van der Waals surface area contributed by atoms with Crippen LogP contribution in [0.3, 0.4) is 0 Å². The highest BCUT2D eigenvalue weighted by atomic mass is 32.2. The van der Waals surface area contributed by atoms with Crippen LogP contribution in [0.5, 0.6) is 0 Å². The van der Waals surface area contributed by atoms with Gasteiger partial charge >= 0.3 is 0 Å². The van der Waals surface area contributed by atoms with Crippen LogP contribution >= 0.6 is 0 Å². The molecule has 0 aliphatic carbocycles. The first-order valence-corrected chi connectivity index (χ1v) is 10.6. The number of hydrogen-bond acceptors (Lipinski definition) is 5. The Hall–Kier alpha value is -1.58. The van der Waals surface area contributed by atoms with E-state index in [1.807, 2.05) is 12.1 Å². The second-order valence-corrected chi connectivity index (χ2v) is 8.01. The Labute approximate surface area is 150 Å². The molecule has 3 N–H and O–H groups in total. The molecule has 1 atom stereocenters. The zero-order chi connectivity index (χ0) is 18.1. The van der Waals surface area contributed by atoms with E-state index in [4.69, 9.17) is 4.42 Å². The highest BCUT2D eigenvalue weighted by Crippen LogP contribution is 2.24. The zero-order valence-electron chi connectivity index (χ0n) is 15.0. The third-order valence-corrected chi connectivity index (χ3v) is 4.90. The van der Waals surface area contributed by atoms with Gasteiger partial charge in [-0.3, -0.25) is 9.89 Å². The fraction of sp³-hybridized carbons (Fsp3) is 0.688. The highest BCUT2D eigenvalue weighted by Gasteiger charge is 2.24. The second-order valence-electron chi connectivity index (χ2n) is 6.17. The first kappa shape index (κ1) is 19.7. The highest BCUT2D eigenvalue weighted by molar-refractivity contribution is 7.88. The minimum Gasteiger partial charge on any atom is -0.468 e. The molecule has 25 heavy (non-hydrogen) atoms. The number of guanidine groups is 1. The second kappa shape index (κ2) is 9.79. The Kier molecular flexibility index (Phi) is 7.73. The number of sulfonamides is 1. The van der Waals surface area contributed by atoms with Gasteiger partial charge in [0.1, 0.15) is 5.76 Å². The SMILES string of the molecule is CN=C(NCCNS(C)(=O)=O)NCC(c1ccco1)N1CCCCC1. The maximum Gasteiger partial charge on any atom is 0.208 e. The third-order valence-electron chi connectivity index (χ3n) is 4.17. The lowest BCUT2D eigenvalue weighted by Gasteiger charge is -2.33. The van der Waals surface area contributed by atoms with Gasteiger partial charge in [-0.25, -0.2) is 13.1 Å². The Morgan fingerprint density at radius 3 is 2.64 bits per heavy atom. The van der Waals surface area contributed by atoms with Gasteiger partial charge in [-0.1, -0.05) is 6.42 Å². The Morgan fingerprint density at radius 2 is 2.04 bits per heavy atom. The number of piperidine rings is 1. The summed E-state index contributed by atoms with van der Waals surface area (Å²) in [6.45, 7) is 3.58. The van der Waals surface area contributed by atoms with Gasteiger partial charge in [0, 0.05) is 26.7 Å². The average molecular weight is 372 g/mol. The van der Waals surface area contributed by atoms with E-state index in [1.165, 1.54) is 19.3 Å². The summed E-state index contributed by atoms with van der Waals surface area (Å²) in [5.41, 5.74) is 0. The van der Waals surface area contributed by atoms with Gasteiger partial charge in [-0.15, -0.1) is 0 Å². The van der Waals surface area contributed by atoms with Gasteiger partial charge in [-0.05, 0) is 38.1 Å². The van der Waals surface area contributed by atoms with Crippen LogP contribution in [-0.2, 0) is 10.0 Å². The number of furan rings is 1. The van der Waals surface area contributed by atoms with E-state index < -0.39 is 10.0 Å². The first-order valence-electron chi connectivity index (χ1n) is 8.66. The Balaban J connectivity index is 1.85. The summed E-state index contributed by atoms with van der Waals surface area (Å²) >= 11 is 0. The normalized spacial score (nSPS) is 18.1. The van der Waals surface area contributed by atoms with E-state index in [-0.39, 0.29) is 6.04 Å². The molecule has 1 saturated heterocycles. The van der Waals surface area contributed by atoms with Crippen molar-refractivity contribution in [3.8, 4) is 0 Å². The molecule has 1 aliphatic rings. The van der Waals surface area contributed by atoms with E-state index >= 15 is 0 Å². The molecule has 0 amide bonds. The molecule has 0 aromatic carbocycles. The topological polar surface area (TPSA) is 99.0 Å². The van der Waals surface area contributed by atoms with Crippen LogP contribution in [0.1, 0.15) is 31.1 Å². The van der Waals surface area contributed by atoms with Crippen LogP contribution in [-0.4, -0.2) is 65.3 Å². The largest absolute Gasteiger partial charge is 0.468 e. The number of rotatable bonds is 8. The monoisotopic (exact) mass is 371 g/mol. The summed E-state index contributed by atoms with van der Waals surface area (Å²) < 4.78 is 30.2. The molecule has 0 saturated carbocycles. The lowest BCUT2D eigenvalue weighted by Crippen LogP contribution is -2.45. The van der Waals surface area contributed by atoms with Gasteiger partial charge in [-0.2, -0.15) is 0 Å². The molecule has 2 rings (SSSR count). The zero-order valence-corrected chi connectivity index (χ0v) is 15.8. The van der Waals surface area contributed by atoms with Crippen molar-refractivity contribution in [1.29, 1.82) is 0 Å². The molecule has 1 fully saturated rings. The van der Waals surface area contributed by atoms with Crippen molar-refractivity contribution in [2.24, 2.45) is 4.99 Å². The minimum atomic E-state index is -3.17. The van der Waals surface area contributed by atoms with Gasteiger partial charge in [0.2, 0.25) is 10.0 Å². The maximum atomic E-state index is 11.1. The fourth-order valence-electron chi connectivity index (χ4n) is 2.95. The number of nitrogens with zero attached hydrogens (tertiary/aromatic N) is 2. The molecule has 8 nitrogen and oxygen atoms in total. The van der Waals surface area contributed by atoms with Crippen molar-refractivity contribution >= 4 is 16.0 Å². The number of likely N-dealkylation sites (tertiary alicyclic amines) is 1. The lowest BCUT2D eigenvalue weighted by molar-refractivity contribution is 0.146. The predicted molar refractivity (Wildman–Crippen MR) is 99.1 cm³/mol. The van der Waals surface area contributed by atoms with Crippen LogP contribution in [0.15, 0.2) is 27.8 Å². The fourth-order valence-corrected chi connectivity index (χ4v) is 3.42. The lowest BCUT2D eigenvalue weighted by atomic mass is 10.1. The first-order chi connectivity index (χ1) is 12.0. The summed E-state index contributed by atoms with van der Waals surface area (Å²) in [5, 5.41) is 6.42. The molecule has 1 aromatic heterocycles. The minimum absolute atomic E-state index is 0.156. The molecule has 1 aromatic rings. The van der Waals surface area contributed by atoms with Gasteiger partial charge in [0.25, 0.3) is 0 Å². The molecular weight excluding hydrogens is 342 g/mol. The summed E-state index contributed by atoms with van der Waals surface area (Å²) in [6.07, 6.45) is 6.55. The number of hydrogen-bond donors (Lipinski definition) is 3. The Morgan fingerprint density at radius 1 is 1.28 bits per heavy atom. The molecule has 0 radical (unpaired) electrons. The average Bonchev–Trinajstić information content (AvgIpc) is 3.11. The molecule has 2 heterocycles. The molecule has 9 heteroatoms. The van der Waals surface area contributed by atoms with Crippen molar-refractivity contribution < 1.29 is 12.8 Å². The summed E-state index contributed by atoms with van der Waals surface area (Å²) in [7, 11) is -1.47. The van der Waals surface area contributed by atoms with Gasteiger partial charge in [0.05, 0.1) is 18.6 Å². The molecule has 142 valence electrons. The molecular formula is C16H29N5O3S. The third kappa shape index (κ3) is 7.05. The quantitative estimate of drug-likeness (QED) is 0.350. The molecule has 1 aliphatic heterocycles. The van der Waals surface area contributed by atoms with Crippen molar-refractivity contribution in [2.75, 3.05) is 46.0 Å². The number of nitrogens with one attached hydrogen (secondary N) is 3. The number of aliphatic imine (C=N–C) groups is 1. The summed E-state index contributed by atoms with van der Waals surface area (Å²) in [6, 6.07) is 4.08. The summed E-state index contributed by atoms with van der Waals surface area (Å²) in [4.78, 5) is 6.63. The van der Waals surface area contributed by atoms with Crippen molar-refractivity contribution in [3.05, 3.63) is 24.2 Å². The molecule has 1 unspecified atom stereocenters. The summed E-state index contributed by atoms with van der Waals surface area (Å²) in [5.74, 6) is 1.59. The van der Waals surface area contributed by atoms with Gasteiger partial charge < -0.3 is 15.1 Å². The molecule has 0 bridgehead atoms. The molecule has 0 spiro atoms. The van der Waals surface area contributed by atoms with Crippen LogP contribution < -0.4 is 15.4 Å². The standard InChI is InChI=1S/C16H29N5O3S/c1-17-16(18-8-9-20-25(2,22)23)19-13-14(15-7-6-12-24-15)21-10-4-3-5-11-21/h6-7,12,14,20H,3-5,8-11,13H2,1-2H3,(H2,17,18,19). The van der Waals surface area contributed by atoms with Crippen LogP contribution in [0, 0.1) is 0 Å². The van der Waals surface area contributed by atoms with Crippen molar-refractivity contribution in [3.63, 3.8) is 0 Å². The smallest absolute Gasteiger partial charge is 0.208 e. The van der Waals surface area contributed by atoms with E-state index in [0.717, 1.165) is 25.1 Å². The van der Waals surface area contributed by atoms with Crippen molar-refractivity contribution in [2.45, 2.75) is 25.3 Å². The predicted octanol–water partition coefficient (Wildman–Crippen LogP) is 0.521. The van der Waals surface area contributed by atoms with E-state index in [0.29, 0.717) is 25.6 Å². The van der Waals surface area contributed by atoms with E-state index in [2.05, 4.69) is 25.2 Å². The van der Waals surface area contributed by atoms with E-state index in [1.54, 1.807) is 13.3 Å². The maximum absolute atomic E-state index is 11.1. The van der Waals surface area contributed by atoms with Crippen molar-refractivity contribution in [1.82, 2.24) is 20.3 Å². The van der Waals surface area contributed by atoms with E-state index in [9.17, 15) is 8.42 Å². The van der Waals surface area contributed by atoms with Crippen LogP contribution in [0.4, 0.5) is 0 Å². The Bertz CT molecular complexity index is 624. The van der Waals surface area contributed by atoms with Crippen LogP contribution in [0.25, 0.3) is 0 Å². The van der Waals surface area contributed by atoms with Crippen LogP contribution in [0.2, 0.25) is 0 Å². The van der Waals surface area contributed by atoms with Gasteiger partial charge in [0.15, 0.2) is 5.96 Å².